The molecule has 0 heterocycles. The molecular formula is C21H28F2O3. The minimum Gasteiger partial charge on any atom is -0.491 e. The Morgan fingerprint density at radius 3 is 2.38 bits per heavy atom. The van der Waals surface area contributed by atoms with E-state index < -0.39 is 17.2 Å². The normalized spacial score (nSPS) is 27.2. The molecule has 0 aromatic heterocycles. The number of rotatable bonds is 6. The predicted molar refractivity (Wildman–Crippen MR) is 94.9 cm³/mol. The summed E-state index contributed by atoms with van der Waals surface area (Å²) in [5, 5.41) is 0. The fraction of sp³-hybridized carbons (Fsp3) is 0.667. The number of aryl methyl sites for hydroxylation is 1. The minimum absolute atomic E-state index is 0.0314. The lowest BCUT2D eigenvalue weighted by Gasteiger charge is -2.21. The second-order valence-corrected chi connectivity index (χ2v) is 8.55. The number of esters is 1. The molecule has 0 spiro atoms. The Morgan fingerprint density at radius 1 is 1.15 bits per heavy atom. The predicted octanol–water partition coefficient (Wildman–Crippen LogP) is 4.91. The van der Waals surface area contributed by atoms with Gasteiger partial charge in [-0.15, -0.1) is 0 Å². The van der Waals surface area contributed by atoms with Crippen molar-refractivity contribution in [2.45, 2.75) is 59.0 Å². The van der Waals surface area contributed by atoms with E-state index in [4.69, 9.17) is 9.47 Å². The highest BCUT2D eigenvalue weighted by Crippen LogP contribution is 2.61. The molecular weight excluding hydrogens is 338 g/mol. The van der Waals surface area contributed by atoms with Crippen LogP contribution in [0.2, 0.25) is 0 Å². The van der Waals surface area contributed by atoms with Gasteiger partial charge in [0.1, 0.15) is 5.60 Å². The molecule has 144 valence electrons. The van der Waals surface area contributed by atoms with E-state index in [0.29, 0.717) is 36.3 Å². The van der Waals surface area contributed by atoms with Gasteiger partial charge in [-0.25, -0.2) is 4.39 Å². The molecule has 0 aliphatic heterocycles. The summed E-state index contributed by atoms with van der Waals surface area (Å²) >= 11 is 0. The quantitative estimate of drug-likeness (QED) is 0.671. The highest BCUT2D eigenvalue weighted by molar-refractivity contribution is 5.77. The summed E-state index contributed by atoms with van der Waals surface area (Å²) in [5.74, 6) is -0.465. The van der Waals surface area contributed by atoms with Crippen LogP contribution in [0.3, 0.4) is 0 Å². The average Bonchev–Trinajstić information content (AvgIpc) is 3.06. The van der Waals surface area contributed by atoms with E-state index in [-0.39, 0.29) is 17.6 Å². The summed E-state index contributed by atoms with van der Waals surface area (Å²) in [4.78, 5) is 12.2. The van der Waals surface area contributed by atoms with Crippen LogP contribution in [-0.2, 0) is 16.0 Å². The van der Waals surface area contributed by atoms with Gasteiger partial charge in [0.05, 0.1) is 12.5 Å². The number of halogens is 2. The van der Waals surface area contributed by atoms with Crippen molar-refractivity contribution in [1.82, 2.24) is 0 Å². The van der Waals surface area contributed by atoms with Crippen molar-refractivity contribution in [3.8, 4) is 5.75 Å². The molecule has 3 nitrogen and oxygen atoms in total. The number of carbonyl (C=O) groups is 1. The van der Waals surface area contributed by atoms with Gasteiger partial charge in [-0.2, -0.15) is 4.39 Å². The topological polar surface area (TPSA) is 35.5 Å². The van der Waals surface area contributed by atoms with Crippen molar-refractivity contribution < 1.29 is 23.0 Å². The fourth-order valence-corrected chi connectivity index (χ4v) is 4.30. The number of fused-ring (bicyclic) bond motifs is 1. The maximum absolute atomic E-state index is 14.2. The first kappa shape index (κ1) is 19.1. The van der Waals surface area contributed by atoms with Gasteiger partial charge in [-0.1, -0.05) is 6.07 Å². The lowest BCUT2D eigenvalue weighted by Crippen LogP contribution is -2.26. The van der Waals surface area contributed by atoms with Crippen LogP contribution in [0.5, 0.6) is 5.75 Å². The minimum atomic E-state index is -0.899. The molecule has 0 amide bonds. The molecule has 1 aromatic rings. The van der Waals surface area contributed by atoms with E-state index in [1.54, 1.807) is 13.0 Å². The van der Waals surface area contributed by atoms with E-state index in [9.17, 15) is 13.6 Å². The fourth-order valence-electron chi connectivity index (χ4n) is 4.30. The smallest absolute Gasteiger partial charge is 0.310 e. The third-order valence-electron chi connectivity index (χ3n) is 5.47. The van der Waals surface area contributed by atoms with Crippen LogP contribution < -0.4 is 4.74 Å². The maximum atomic E-state index is 14.2. The molecule has 2 unspecified atom stereocenters. The Kier molecular flexibility index (Phi) is 5.27. The Bertz CT molecular complexity index is 669. The third kappa shape index (κ3) is 4.02. The van der Waals surface area contributed by atoms with E-state index in [1.807, 2.05) is 20.8 Å². The second kappa shape index (κ2) is 7.16. The van der Waals surface area contributed by atoms with Crippen LogP contribution in [0.25, 0.3) is 0 Å². The molecule has 2 saturated carbocycles. The molecule has 5 heteroatoms. The number of hydrogen-bond acceptors (Lipinski definition) is 3. The maximum Gasteiger partial charge on any atom is 0.310 e. The van der Waals surface area contributed by atoms with Gasteiger partial charge in [-0.3, -0.25) is 4.79 Å². The molecule has 26 heavy (non-hydrogen) atoms. The van der Waals surface area contributed by atoms with Crippen molar-refractivity contribution in [2.24, 2.45) is 23.7 Å². The van der Waals surface area contributed by atoms with Crippen LogP contribution in [-0.4, -0.2) is 18.2 Å². The number of benzene rings is 1. The van der Waals surface area contributed by atoms with Crippen LogP contribution in [0.15, 0.2) is 12.1 Å². The zero-order valence-corrected chi connectivity index (χ0v) is 16.0. The lowest BCUT2D eigenvalue weighted by atomic mass is 9.93. The first-order chi connectivity index (χ1) is 12.2. The highest BCUT2D eigenvalue weighted by atomic mass is 19.2. The largest absolute Gasteiger partial charge is 0.491 e. The molecule has 0 N–H and O–H groups in total. The number of ether oxygens (including phenoxy) is 2. The average molecular weight is 366 g/mol. The van der Waals surface area contributed by atoms with Crippen molar-refractivity contribution in [3.63, 3.8) is 0 Å². The summed E-state index contributed by atoms with van der Waals surface area (Å²) in [6.45, 7) is 7.70. The third-order valence-corrected chi connectivity index (χ3v) is 5.47. The van der Waals surface area contributed by atoms with E-state index >= 15 is 0 Å². The monoisotopic (exact) mass is 366 g/mol. The Balaban J connectivity index is 1.49. The van der Waals surface area contributed by atoms with Crippen molar-refractivity contribution >= 4 is 5.97 Å². The molecule has 0 bridgehead atoms. The molecule has 1 aromatic carbocycles. The number of hydrogen-bond donors (Lipinski definition) is 0. The standard InChI is InChI=1S/C21H28F2O3/c1-5-25-16-9-8-13(18(22)19(16)23)7-6-12-10-14-15(11-12)17(14)20(24)26-21(2,3)4/h8-9,12,14-15,17H,5-7,10-11H2,1-4H3/t12?,14-,15+,17?. The second-order valence-electron chi connectivity index (χ2n) is 8.55. The number of carbonyl (C=O) groups excluding carboxylic acids is 1. The summed E-state index contributed by atoms with van der Waals surface area (Å²) in [6.07, 6.45) is 3.29. The van der Waals surface area contributed by atoms with Gasteiger partial charge in [0.25, 0.3) is 0 Å². The molecule has 2 aliphatic rings. The first-order valence-corrected chi connectivity index (χ1v) is 9.53. The zero-order chi connectivity index (χ0) is 19.1. The molecule has 0 saturated heterocycles. The molecule has 2 fully saturated rings. The van der Waals surface area contributed by atoms with Crippen molar-refractivity contribution in [3.05, 3.63) is 29.3 Å². The summed E-state index contributed by atoms with van der Waals surface area (Å²) in [6, 6.07) is 3.12. The molecule has 3 rings (SSSR count). The van der Waals surface area contributed by atoms with Crippen LogP contribution >= 0.6 is 0 Å². The summed E-state index contributed by atoms with van der Waals surface area (Å²) in [7, 11) is 0. The van der Waals surface area contributed by atoms with Gasteiger partial charge in [-0.05, 0) is 82.8 Å². The van der Waals surface area contributed by atoms with E-state index in [2.05, 4.69) is 0 Å². The summed E-state index contributed by atoms with van der Waals surface area (Å²) < 4.78 is 38.7. The van der Waals surface area contributed by atoms with Crippen molar-refractivity contribution in [2.75, 3.05) is 6.61 Å². The molecule has 2 aliphatic carbocycles. The molecule has 0 radical (unpaired) electrons. The van der Waals surface area contributed by atoms with Gasteiger partial charge in [0.15, 0.2) is 11.6 Å². The highest BCUT2D eigenvalue weighted by Gasteiger charge is 2.60. The zero-order valence-electron chi connectivity index (χ0n) is 16.0. The van der Waals surface area contributed by atoms with E-state index in [0.717, 1.165) is 19.3 Å². The first-order valence-electron chi connectivity index (χ1n) is 9.53. The van der Waals surface area contributed by atoms with Gasteiger partial charge in [0, 0.05) is 0 Å². The van der Waals surface area contributed by atoms with E-state index in [1.165, 1.54) is 6.07 Å². The van der Waals surface area contributed by atoms with Gasteiger partial charge >= 0.3 is 5.97 Å². The Labute approximate surface area is 154 Å². The van der Waals surface area contributed by atoms with Crippen molar-refractivity contribution in [1.29, 1.82) is 0 Å². The Hall–Kier alpha value is -1.65. The lowest BCUT2D eigenvalue weighted by molar-refractivity contribution is -0.157. The summed E-state index contributed by atoms with van der Waals surface area (Å²) in [5.41, 5.74) is -0.0435. The van der Waals surface area contributed by atoms with Crippen LogP contribution in [0.1, 0.15) is 52.5 Å². The Morgan fingerprint density at radius 2 is 1.81 bits per heavy atom. The molecule has 4 atom stereocenters. The van der Waals surface area contributed by atoms with Gasteiger partial charge < -0.3 is 9.47 Å². The SMILES string of the molecule is CCOc1ccc(CCC2C[C@@H]3C(C(=O)OC(C)(C)C)[C@@H]3C2)c(F)c1F. The van der Waals surface area contributed by atoms with Crippen LogP contribution in [0, 0.1) is 35.3 Å². The van der Waals surface area contributed by atoms with Crippen LogP contribution in [0.4, 0.5) is 8.78 Å². The van der Waals surface area contributed by atoms with Gasteiger partial charge in [0.2, 0.25) is 5.82 Å².